The SMILES string of the molecule is CCNC(=NCCc1ccco1)Nc1cc(OC)c(OC)c(OC)c1. The van der Waals surface area contributed by atoms with Crippen LogP contribution in [-0.4, -0.2) is 40.4 Å². The van der Waals surface area contributed by atoms with Crippen molar-refractivity contribution in [1.82, 2.24) is 5.32 Å². The first-order valence-electron chi connectivity index (χ1n) is 8.09. The van der Waals surface area contributed by atoms with Gasteiger partial charge in [-0.3, -0.25) is 4.99 Å². The summed E-state index contributed by atoms with van der Waals surface area (Å²) in [6.07, 6.45) is 2.40. The van der Waals surface area contributed by atoms with E-state index in [9.17, 15) is 0 Å². The molecule has 1 heterocycles. The molecule has 0 atom stereocenters. The Morgan fingerprint density at radius 2 is 1.84 bits per heavy atom. The lowest BCUT2D eigenvalue weighted by Gasteiger charge is -2.16. The highest BCUT2D eigenvalue weighted by atomic mass is 16.5. The second kappa shape index (κ2) is 9.46. The van der Waals surface area contributed by atoms with Crippen LogP contribution in [0.2, 0.25) is 0 Å². The van der Waals surface area contributed by atoms with Gasteiger partial charge in [0.25, 0.3) is 0 Å². The van der Waals surface area contributed by atoms with Gasteiger partial charge in [0, 0.05) is 37.3 Å². The molecule has 0 aliphatic carbocycles. The number of furan rings is 1. The lowest BCUT2D eigenvalue weighted by atomic mass is 10.2. The van der Waals surface area contributed by atoms with Crippen LogP contribution < -0.4 is 24.8 Å². The third-order valence-corrected chi connectivity index (χ3v) is 3.48. The Balaban J connectivity index is 2.14. The summed E-state index contributed by atoms with van der Waals surface area (Å²) in [4.78, 5) is 4.56. The summed E-state index contributed by atoms with van der Waals surface area (Å²) < 4.78 is 21.4. The van der Waals surface area contributed by atoms with Crippen LogP contribution in [-0.2, 0) is 6.42 Å². The number of methoxy groups -OCH3 is 3. The van der Waals surface area contributed by atoms with E-state index in [1.165, 1.54) is 0 Å². The molecule has 0 radical (unpaired) electrons. The molecule has 7 heteroatoms. The second-order valence-corrected chi connectivity index (χ2v) is 5.13. The Morgan fingerprint density at radius 1 is 1.12 bits per heavy atom. The molecule has 7 nitrogen and oxygen atoms in total. The van der Waals surface area contributed by atoms with Gasteiger partial charge >= 0.3 is 0 Å². The van der Waals surface area contributed by atoms with Crippen LogP contribution in [0.3, 0.4) is 0 Å². The average Bonchev–Trinajstić information content (AvgIpc) is 3.14. The number of nitrogens with one attached hydrogen (secondary N) is 2. The minimum absolute atomic E-state index is 0.551. The van der Waals surface area contributed by atoms with Crippen molar-refractivity contribution in [3.05, 3.63) is 36.3 Å². The summed E-state index contributed by atoms with van der Waals surface area (Å²) in [5, 5.41) is 6.46. The van der Waals surface area contributed by atoms with Crippen molar-refractivity contribution >= 4 is 11.6 Å². The van der Waals surface area contributed by atoms with Crippen molar-refractivity contribution in [2.75, 3.05) is 39.7 Å². The first-order chi connectivity index (χ1) is 12.2. The molecule has 0 saturated carbocycles. The number of guanidine groups is 1. The van der Waals surface area contributed by atoms with Crippen LogP contribution in [0.4, 0.5) is 5.69 Å². The van der Waals surface area contributed by atoms with Crippen molar-refractivity contribution in [2.24, 2.45) is 4.99 Å². The number of nitrogens with zero attached hydrogens (tertiary/aromatic N) is 1. The molecule has 1 aromatic heterocycles. The standard InChI is InChI=1S/C18H25N3O4/c1-5-19-18(20-9-8-14-7-6-10-25-14)21-13-11-15(22-2)17(24-4)16(12-13)23-3/h6-7,10-12H,5,8-9H2,1-4H3,(H2,19,20,21). The third-order valence-electron chi connectivity index (χ3n) is 3.48. The van der Waals surface area contributed by atoms with Crippen molar-refractivity contribution in [2.45, 2.75) is 13.3 Å². The lowest BCUT2D eigenvalue weighted by Crippen LogP contribution is -2.31. The zero-order valence-corrected chi connectivity index (χ0v) is 15.1. The first-order valence-corrected chi connectivity index (χ1v) is 8.09. The van der Waals surface area contributed by atoms with Crippen LogP contribution in [0, 0.1) is 0 Å². The predicted molar refractivity (Wildman–Crippen MR) is 98.1 cm³/mol. The average molecular weight is 347 g/mol. The highest BCUT2D eigenvalue weighted by Gasteiger charge is 2.13. The number of aliphatic imine (C=N–C) groups is 1. The van der Waals surface area contributed by atoms with Gasteiger partial charge < -0.3 is 29.3 Å². The summed E-state index contributed by atoms with van der Waals surface area (Å²) >= 11 is 0. The van der Waals surface area contributed by atoms with Crippen molar-refractivity contribution < 1.29 is 18.6 Å². The van der Waals surface area contributed by atoms with Gasteiger partial charge in [-0.25, -0.2) is 0 Å². The molecular formula is C18H25N3O4. The van der Waals surface area contributed by atoms with Crippen LogP contribution >= 0.6 is 0 Å². The molecule has 1 aromatic carbocycles. The smallest absolute Gasteiger partial charge is 0.203 e. The van der Waals surface area contributed by atoms with Crippen LogP contribution in [0.1, 0.15) is 12.7 Å². The maximum absolute atomic E-state index is 5.37. The number of anilines is 1. The molecule has 25 heavy (non-hydrogen) atoms. The fourth-order valence-electron chi connectivity index (χ4n) is 2.33. The van der Waals surface area contributed by atoms with E-state index in [1.807, 2.05) is 31.2 Å². The van der Waals surface area contributed by atoms with Crippen molar-refractivity contribution in [3.8, 4) is 17.2 Å². The quantitative estimate of drug-likeness (QED) is 0.565. The first kappa shape index (κ1) is 18.5. The van der Waals surface area contributed by atoms with Gasteiger partial charge in [0.05, 0.1) is 27.6 Å². The molecule has 0 saturated heterocycles. The largest absolute Gasteiger partial charge is 0.493 e. The number of hydrogen-bond donors (Lipinski definition) is 2. The molecule has 0 bridgehead atoms. The van der Waals surface area contributed by atoms with E-state index in [1.54, 1.807) is 27.6 Å². The monoisotopic (exact) mass is 347 g/mol. The number of benzene rings is 1. The number of ether oxygens (including phenoxy) is 3. The van der Waals surface area contributed by atoms with Gasteiger partial charge in [0.2, 0.25) is 5.75 Å². The van der Waals surface area contributed by atoms with Gasteiger partial charge in [-0.15, -0.1) is 0 Å². The Morgan fingerprint density at radius 3 is 2.36 bits per heavy atom. The van der Waals surface area contributed by atoms with E-state index in [2.05, 4.69) is 15.6 Å². The molecule has 2 aromatic rings. The van der Waals surface area contributed by atoms with Gasteiger partial charge in [0.15, 0.2) is 17.5 Å². The van der Waals surface area contributed by atoms with Gasteiger partial charge in [-0.2, -0.15) is 0 Å². The summed E-state index contributed by atoms with van der Waals surface area (Å²) in [5.74, 6) is 3.29. The van der Waals surface area contributed by atoms with Crippen LogP contribution in [0.5, 0.6) is 17.2 Å². The Hall–Kier alpha value is -2.83. The van der Waals surface area contributed by atoms with Crippen molar-refractivity contribution in [1.29, 1.82) is 0 Å². The Bertz CT molecular complexity index is 659. The highest BCUT2D eigenvalue weighted by Crippen LogP contribution is 2.39. The maximum atomic E-state index is 5.37. The predicted octanol–water partition coefficient (Wildman–Crippen LogP) is 2.93. The minimum atomic E-state index is 0.551. The molecule has 2 rings (SSSR count). The molecule has 0 unspecified atom stereocenters. The molecular weight excluding hydrogens is 322 g/mol. The molecule has 136 valence electrons. The van der Waals surface area contributed by atoms with Crippen molar-refractivity contribution in [3.63, 3.8) is 0 Å². The Labute approximate surface area is 148 Å². The fraction of sp³-hybridized carbons (Fsp3) is 0.389. The molecule has 0 fully saturated rings. The van der Waals surface area contributed by atoms with E-state index in [0.29, 0.717) is 29.8 Å². The van der Waals surface area contributed by atoms with E-state index in [-0.39, 0.29) is 0 Å². The van der Waals surface area contributed by atoms with Crippen LogP contribution in [0.25, 0.3) is 0 Å². The third kappa shape index (κ3) is 5.07. The van der Waals surface area contributed by atoms with Gasteiger partial charge in [-0.05, 0) is 19.1 Å². The van der Waals surface area contributed by atoms with Gasteiger partial charge in [0.1, 0.15) is 5.76 Å². The summed E-state index contributed by atoms with van der Waals surface area (Å²) in [6.45, 7) is 3.36. The summed E-state index contributed by atoms with van der Waals surface area (Å²) in [6, 6.07) is 7.48. The molecule has 0 aliphatic rings. The number of rotatable bonds is 8. The second-order valence-electron chi connectivity index (χ2n) is 5.13. The maximum Gasteiger partial charge on any atom is 0.203 e. The topological polar surface area (TPSA) is 77.3 Å². The normalized spacial score (nSPS) is 11.1. The highest BCUT2D eigenvalue weighted by molar-refractivity contribution is 5.94. The minimum Gasteiger partial charge on any atom is -0.493 e. The van der Waals surface area contributed by atoms with E-state index < -0.39 is 0 Å². The van der Waals surface area contributed by atoms with E-state index >= 15 is 0 Å². The molecule has 2 N–H and O–H groups in total. The Kier molecular flexibility index (Phi) is 7.00. The summed E-state index contributed by atoms with van der Waals surface area (Å²) in [5.41, 5.74) is 0.784. The zero-order chi connectivity index (χ0) is 18.1. The zero-order valence-electron chi connectivity index (χ0n) is 15.1. The molecule has 0 amide bonds. The lowest BCUT2D eigenvalue weighted by molar-refractivity contribution is 0.324. The van der Waals surface area contributed by atoms with E-state index in [4.69, 9.17) is 18.6 Å². The molecule has 0 aliphatic heterocycles. The van der Waals surface area contributed by atoms with Gasteiger partial charge in [-0.1, -0.05) is 0 Å². The summed E-state index contributed by atoms with van der Waals surface area (Å²) in [7, 11) is 4.75. The van der Waals surface area contributed by atoms with Crippen LogP contribution in [0.15, 0.2) is 39.9 Å². The number of hydrogen-bond acceptors (Lipinski definition) is 5. The van der Waals surface area contributed by atoms with E-state index in [0.717, 1.165) is 24.4 Å². The molecule has 0 spiro atoms. The fourth-order valence-corrected chi connectivity index (χ4v) is 2.33.